The fourth-order valence-corrected chi connectivity index (χ4v) is 11.3. The molecule has 12 atom stereocenters. The summed E-state index contributed by atoms with van der Waals surface area (Å²) in [6.07, 6.45) is -10.6. The fraction of sp³-hybridized carbons (Fsp3) is 0.549. The maximum atomic E-state index is 15.2. The molecule has 1 saturated heterocycles. The number of alkyl carbamates (subject to hydrolysis) is 1. The summed E-state index contributed by atoms with van der Waals surface area (Å²) in [7, 11) is 0. The molecule has 1 amide bonds. The van der Waals surface area contributed by atoms with Crippen LogP contribution >= 0.6 is 0 Å². The van der Waals surface area contributed by atoms with Gasteiger partial charge >= 0.3 is 30.0 Å². The Labute approximate surface area is 404 Å². The van der Waals surface area contributed by atoms with Crippen LogP contribution in [0.4, 0.5) is 4.79 Å². The topological polar surface area (TPSA) is 273 Å². The van der Waals surface area contributed by atoms with Crippen molar-refractivity contribution < 1.29 is 82.4 Å². The van der Waals surface area contributed by atoms with Crippen molar-refractivity contribution in [2.45, 2.75) is 141 Å². The molecular weight excluding hydrogens is 913 g/mol. The number of rotatable bonds is 12. The average Bonchev–Trinajstić information content (AvgIpc) is 3.53. The molecule has 1 aromatic heterocycles. The van der Waals surface area contributed by atoms with Crippen molar-refractivity contribution in [2.75, 3.05) is 6.61 Å². The highest BCUT2D eigenvalue weighted by atomic mass is 16.6. The minimum Gasteiger partial charge on any atom is -0.494 e. The number of aromatic nitrogens is 1. The van der Waals surface area contributed by atoms with Crippen LogP contribution in [0.5, 0.6) is 11.8 Å². The zero-order valence-electron chi connectivity index (χ0n) is 40.6. The molecule has 2 aromatic carbocycles. The van der Waals surface area contributed by atoms with Crippen LogP contribution in [-0.4, -0.2) is 120 Å². The number of fused-ring (bicyclic) bond motifs is 5. The van der Waals surface area contributed by atoms with Gasteiger partial charge in [-0.2, -0.15) is 0 Å². The van der Waals surface area contributed by atoms with Gasteiger partial charge < -0.3 is 54.2 Å². The summed E-state index contributed by atoms with van der Waals surface area (Å²) in [5.41, 5.74) is -8.58. The molecule has 378 valence electrons. The van der Waals surface area contributed by atoms with Crippen molar-refractivity contribution in [1.82, 2.24) is 9.88 Å². The fourth-order valence-electron chi connectivity index (χ4n) is 11.3. The zero-order valence-corrected chi connectivity index (χ0v) is 40.6. The van der Waals surface area contributed by atoms with Crippen LogP contribution in [0.1, 0.15) is 102 Å². The second-order valence-corrected chi connectivity index (χ2v) is 20.8. The summed E-state index contributed by atoms with van der Waals surface area (Å²) in [5, 5.41) is 49.3. The van der Waals surface area contributed by atoms with Gasteiger partial charge in [-0.1, -0.05) is 69.3 Å². The van der Waals surface area contributed by atoms with Gasteiger partial charge in [0.1, 0.15) is 35.6 Å². The number of carbonyl (C=O) groups is 7. The van der Waals surface area contributed by atoms with Crippen molar-refractivity contribution in [3.63, 3.8) is 0 Å². The van der Waals surface area contributed by atoms with E-state index < -0.39 is 136 Å². The van der Waals surface area contributed by atoms with Gasteiger partial charge in [-0.15, -0.1) is 0 Å². The van der Waals surface area contributed by atoms with Gasteiger partial charge in [-0.25, -0.2) is 14.4 Å². The van der Waals surface area contributed by atoms with Gasteiger partial charge in [-0.3, -0.25) is 23.7 Å². The Morgan fingerprint density at radius 3 is 2.14 bits per heavy atom. The molecule has 19 nitrogen and oxygen atoms in total. The molecule has 4 aliphatic rings. The summed E-state index contributed by atoms with van der Waals surface area (Å²) in [6.45, 7) is 12.7. The number of aryl methyl sites for hydroxylation is 1. The number of esters is 4. The zero-order chi connectivity index (χ0) is 51.5. The number of hydrogen-bond acceptors (Lipinski definition) is 17. The molecule has 19 heteroatoms. The first-order valence-corrected chi connectivity index (χ1v) is 23.3. The third-order valence-electron chi connectivity index (χ3n) is 14.9. The number of amides is 1. The molecule has 3 aromatic rings. The van der Waals surface area contributed by atoms with Crippen LogP contribution in [0.2, 0.25) is 0 Å². The Hall–Kier alpha value is -6.31. The van der Waals surface area contributed by atoms with E-state index in [-0.39, 0.29) is 42.5 Å². The van der Waals surface area contributed by atoms with E-state index in [1.165, 1.54) is 52.8 Å². The van der Waals surface area contributed by atoms with E-state index in [4.69, 9.17) is 28.4 Å². The number of aliphatic hydroxyl groups excluding tert-OH is 1. The number of benzene rings is 2. The number of Topliss-reactive ketones (excluding diaryl/α,β-unsaturated/α-hetero) is 2. The molecular formula is C51H62N2O17. The largest absolute Gasteiger partial charge is 0.494 e. The van der Waals surface area contributed by atoms with Crippen LogP contribution in [0.15, 0.2) is 66.7 Å². The number of ether oxygens (including phenoxy) is 6. The maximum Gasteiger partial charge on any atom is 0.408 e. The van der Waals surface area contributed by atoms with Crippen LogP contribution in [0, 0.1) is 35.5 Å². The van der Waals surface area contributed by atoms with Crippen LogP contribution in [0.25, 0.3) is 0 Å². The highest BCUT2D eigenvalue weighted by molar-refractivity contribution is 6.40. The molecule has 2 heterocycles. The van der Waals surface area contributed by atoms with Gasteiger partial charge in [0.15, 0.2) is 17.4 Å². The lowest BCUT2D eigenvalue weighted by atomic mass is 9.42. The summed E-state index contributed by atoms with van der Waals surface area (Å²) in [4.78, 5) is 100. The third-order valence-corrected chi connectivity index (χ3v) is 14.9. The first-order valence-electron chi connectivity index (χ1n) is 23.3. The third kappa shape index (κ3) is 9.02. The Morgan fingerprint density at radius 1 is 0.957 bits per heavy atom. The first kappa shape index (κ1) is 51.5. The number of ketones is 2. The Kier molecular flexibility index (Phi) is 13.8. The summed E-state index contributed by atoms with van der Waals surface area (Å²) < 4.78 is 37.0. The molecule has 7 rings (SSSR count). The molecule has 70 heavy (non-hydrogen) atoms. The van der Waals surface area contributed by atoms with Gasteiger partial charge in [0, 0.05) is 55.2 Å². The predicted octanol–water partition coefficient (Wildman–Crippen LogP) is 4.57. The number of nitrogens with zero attached hydrogens (tertiary/aromatic N) is 1. The summed E-state index contributed by atoms with van der Waals surface area (Å²) in [5.74, 6) is -11.2. The van der Waals surface area contributed by atoms with Crippen molar-refractivity contribution in [2.24, 2.45) is 28.6 Å². The second kappa shape index (κ2) is 18.8. The number of hydrogen-bond donors (Lipinski definition) is 5. The number of aliphatic hydroxyl groups is 2. The van der Waals surface area contributed by atoms with E-state index in [9.17, 15) is 39.6 Å². The number of carbonyl (C=O) groups excluding carboxylic acids is 7. The first-order chi connectivity index (χ1) is 32.7. The predicted molar refractivity (Wildman–Crippen MR) is 244 cm³/mol. The van der Waals surface area contributed by atoms with E-state index >= 15 is 14.4 Å². The standard InChI is InChI=1S/C51H62N2O17/c1-26-22-34(56)53(43(26)60)21-20-35(57)67-39(37(29-16-12-10-13-17-29)52-46(63)70-47(4,5)6)45(62)66-31-24-51(64)42(68-44(61)30-18-14-11-15-19-30)40-49(9,41(59)38(58)36(27(31)2)48(51,7)8)32(55)23-33-50(40,25-65-33)69-28(3)54/h10-19,22,27,31-33,36-37,39-40,42,55-56,60,64H,20-21,23-25H2,1-9H3,(H,52,63)/t27?,31-,32-,33+,36?,37-,39+,40-,42-,49+,50-,51+/m0/s1. The summed E-state index contributed by atoms with van der Waals surface area (Å²) >= 11 is 0. The smallest absolute Gasteiger partial charge is 0.408 e. The van der Waals surface area contributed by atoms with Gasteiger partial charge in [0.05, 0.1) is 36.0 Å². The van der Waals surface area contributed by atoms with Crippen LogP contribution in [-0.2, 0) is 58.9 Å². The van der Waals surface area contributed by atoms with E-state index in [0.29, 0.717) is 5.56 Å². The minimum atomic E-state index is -2.47. The van der Waals surface area contributed by atoms with Crippen molar-refractivity contribution in [3.05, 3.63) is 83.4 Å². The molecule has 5 N–H and O–H groups in total. The molecule has 2 unspecified atom stereocenters. The SMILES string of the molecule is CC(=O)O[C@@]12CO[C@@H]1C[C@H](O)[C@@]1(C)C(=O)C(=O)C3C(C)[C@@H](OC(=O)[C@H](OC(=O)CCn4c(O)cc(C)c4O)[C@@H](NC(=O)OC(C)(C)C)c4ccccc4)C[C@@](O)([C@@H](OC(=O)c4ccccc4)[C@H]21)C3(C)C. The van der Waals surface area contributed by atoms with E-state index in [1.807, 2.05) is 0 Å². The van der Waals surface area contributed by atoms with Crippen LogP contribution in [0.3, 0.4) is 0 Å². The Bertz CT molecular complexity index is 2540. The van der Waals surface area contributed by atoms with Gasteiger partial charge in [-0.05, 0) is 52.3 Å². The van der Waals surface area contributed by atoms with E-state index in [2.05, 4.69) is 5.32 Å². The molecule has 1 aliphatic heterocycles. The molecule has 0 spiro atoms. The maximum absolute atomic E-state index is 15.2. The lowest BCUT2D eigenvalue weighted by Crippen LogP contribution is -2.82. The Balaban J connectivity index is 1.34. The van der Waals surface area contributed by atoms with E-state index in [0.717, 1.165) is 11.5 Å². The van der Waals surface area contributed by atoms with Crippen LogP contribution < -0.4 is 5.32 Å². The number of aromatic hydroxyl groups is 2. The van der Waals surface area contributed by atoms with Crippen molar-refractivity contribution in [1.29, 1.82) is 0 Å². The minimum absolute atomic E-state index is 0.0320. The monoisotopic (exact) mass is 974 g/mol. The Morgan fingerprint density at radius 2 is 1.59 bits per heavy atom. The number of nitrogens with one attached hydrogen (secondary N) is 1. The molecule has 4 fully saturated rings. The van der Waals surface area contributed by atoms with Crippen molar-refractivity contribution >= 4 is 41.5 Å². The van der Waals surface area contributed by atoms with Crippen molar-refractivity contribution in [3.8, 4) is 11.8 Å². The molecule has 0 radical (unpaired) electrons. The normalized spacial score (nSPS) is 30.9. The highest BCUT2D eigenvalue weighted by Crippen LogP contribution is 2.64. The molecule has 2 bridgehead atoms. The van der Waals surface area contributed by atoms with Gasteiger partial charge in [0.2, 0.25) is 17.7 Å². The lowest BCUT2D eigenvalue weighted by molar-refractivity contribution is -0.350. The van der Waals surface area contributed by atoms with Gasteiger partial charge in [0.25, 0.3) is 0 Å². The summed E-state index contributed by atoms with van der Waals surface area (Å²) in [6, 6.07) is 15.5. The molecule has 3 saturated carbocycles. The average molecular weight is 975 g/mol. The van der Waals surface area contributed by atoms with E-state index in [1.54, 1.807) is 69.3 Å². The lowest BCUT2D eigenvalue weighted by Gasteiger charge is -2.67. The second-order valence-electron chi connectivity index (χ2n) is 20.8. The quantitative estimate of drug-likeness (QED) is 0.0945. The highest BCUT2D eigenvalue weighted by Gasteiger charge is 2.79. The molecule has 3 aliphatic carbocycles.